The van der Waals surface area contributed by atoms with Crippen molar-refractivity contribution < 1.29 is 7.85 Å². The van der Waals surface area contributed by atoms with Gasteiger partial charge in [0, 0.05) is 7.45 Å². The van der Waals surface area contributed by atoms with E-state index >= 15 is 0 Å². The smallest absolute Gasteiger partial charge is 0.0594 e. The van der Waals surface area contributed by atoms with Crippen molar-refractivity contribution in [2.45, 2.75) is 19.9 Å². The second kappa shape index (κ2) is 1.30. The van der Waals surface area contributed by atoms with Crippen LogP contribution in [0.15, 0.2) is 0 Å². The molecule has 0 saturated heterocycles. The maximum atomic E-state index is 8.31. The molecule has 1 unspecified atom stereocenters. The lowest BCUT2D eigenvalue weighted by Crippen LogP contribution is -1.85. The van der Waals surface area contributed by atoms with Gasteiger partial charge in [0.15, 0.2) is 0 Å². The molecule has 0 aliphatic heterocycles. The number of hydrogen-bond donors (Lipinski definition) is 1. The quantitative estimate of drug-likeness (QED) is 0.432. The first-order valence-corrected chi connectivity index (χ1v) is 1.08. The first-order chi connectivity index (χ1) is 2.56. The minimum absolute atomic E-state index is 0.257. The molecule has 26 valence electrons. The highest BCUT2D eigenvalue weighted by atomic mass is 16.3. The Balaban J connectivity index is 3.17. The van der Waals surface area contributed by atoms with Gasteiger partial charge in [-0.05, 0) is 13.8 Å². The average Bonchev–Trinajstić information content (AvgIpc) is 1.35. The minimum atomic E-state index is -1.54. The van der Waals surface area contributed by atoms with Gasteiger partial charge in [0.25, 0.3) is 0 Å². The largest absolute Gasteiger partial charge is 0.394 e. The van der Waals surface area contributed by atoms with Crippen molar-refractivity contribution in [2.75, 3.05) is 0 Å². The van der Waals surface area contributed by atoms with Crippen LogP contribution in [0, 0.1) is 0 Å². The summed E-state index contributed by atoms with van der Waals surface area (Å²) in [7, 11) is 0. The van der Waals surface area contributed by atoms with Crippen LogP contribution in [0.4, 0.5) is 0 Å². The normalized spacial score (nSPS) is 30.5. The molecule has 1 heteroatoms. The molecule has 1 nitrogen and oxygen atoms in total. The first kappa shape index (κ1) is 1.41. The van der Waals surface area contributed by atoms with E-state index in [0.717, 1.165) is 0 Å². The zero-order valence-electron chi connectivity index (χ0n) is 4.65. The summed E-state index contributed by atoms with van der Waals surface area (Å²) in [5.41, 5.74) is 0. The van der Waals surface area contributed by atoms with Crippen molar-refractivity contribution in [1.29, 1.82) is 0 Å². The monoisotopic (exact) mass is 64.1 g/mol. The first-order valence-electron chi connectivity index (χ1n) is 2.28. The maximum Gasteiger partial charge on any atom is 0.0594 e. The van der Waals surface area contributed by atoms with Gasteiger partial charge in [-0.2, -0.15) is 0 Å². The standard InChI is InChI=1S/C3H8O/c1-3(2)4/h3-4H,1-2H3/i1T,3T. The van der Waals surface area contributed by atoms with Gasteiger partial charge in [0.05, 0.1) is 1.37 Å². The van der Waals surface area contributed by atoms with Gasteiger partial charge in [-0.3, -0.25) is 0 Å². The van der Waals surface area contributed by atoms with E-state index in [1.165, 1.54) is 6.92 Å². The topological polar surface area (TPSA) is 20.2 Å². The summed E-state index contributed by atoms with van der Waals surface area (Å²) in [5.74, 6) is 0. The average molecular weight is 64.1 g/mol. The summed E-state index contributed by atoms with van der Waals surface area (Å²) < 4.78 is 13.0. The molecule has 0 fully saturated rings. The van der Waals surface area contributed by atoms with Crippen molar-refractivity contribution in [3.05, 3.63) is 0 Å². The molecular weight excluding hydrogens is 52.0 g/mol. The molecule has 0 bridgehead atoms. The molecule has 4 heavy (non-hydrogen) atoms. The summed E-state index contributed by atoms with van der Waals surface area (Å²) in [4.78, 5) is 0. The van der Waals surface area contributed by atoms with Crippen LogP contribution in [0.5, 0.6) is 0 Å². The van der Waals surface area contributed by atoms with Crippen LogP contribution >= 0.6 is 0 Å². The molecule has 0 aliphatic rings. The molecule has 0 aromatic rings. The van der Waals surface area contributed by atoms with E-state index in [9.17, 15) is 0 Å². The Hall–Kier alpha value is -0.0400. The summed E-state index contributed by atoms with van der Waals surface area (Å²) >= 11 is 0. The lowest BCUT2D eigenvalue weighted by atomic mass is 10.5. The van der Waals surface area contributed by atoms with E-state index in [-0.39, 0.29) is 6.90 Å². The Kier molecular flexibility index (Phi) is 0.458. The Labute approximate surface area is 29.1 Å². The molecule has 0 saturated carbocycles. The summed E-state index contributed by atoms with van der Waals surface area (Å²) in [6.07, 6.45) is -1.54. The molecule has 0 amide bonds. The number of hydrogen-bond acceptors (Lipinski definition) is 1. The van der Waals surface area contributed by atoms with Crippen molar-refractivity contribution in [1.82, 2.24) is 0 Å². The molecule has 1 N–H and O–H groups in total. The fourth-order valence-corrected chi connectivity index (χ4v) is 0. The molecule has 0 aromatic heterocycles. The summed E-state index contributed by atoms with van der Waals surface area (Å²) in [6, 6.07) is 0. The van der Waals surface area contributed by atoms with E-state index in [0.29, 0.717) is 0 Å². The molecule has 0 aromatic carbocycles. The Morgan fingerprint density at radius 3 is 2.75 bits per heavy atom. The summed E-state index contributed by atoms with van der Waals surface area (Å²) in [5, 5.41) is 8.31. The van der Waals surface area contributed by atoms with Crippen molar-refractivity contribution in [2.24, 2.45) is 0 Å². The highest BCUT2D eigenvalue weighted by Crippen LogP contribution is 1.65. The van der Waals surface area contributed by atoms with Crippen LogP contribution in [0.2, 0.25) is 0 Å². The third kappa shape index (κ3) is 1130. The van der Waals surface area contributed by atoms with E-state index < -0.39 is 6.08 Å². The van der Waals surface area contributed by atoms with Crippen LogP contribution in [0.1, 0.15) is 16.6 Å². The van der Waals surface area contributed by atoms with Crippen molar-refractivity contribution >= 4 is 0 Å². The number of aliphatic hydroxyl groups is 1. The second-order valence-corrected chi connectivity index (χ2v) is 0.735. The molecule has 0 aliphatic carbocycles. The van der Waals surface area contributed by atoms with E-state index in [4.69, 9.17) is 7.85 Å². The van der Waals surface area contributed by atoms with E-state index in [1.807, 2.05) is 0 Å². The zero-order chi connectivity index (χ0) is 5.21. The molecule has 0 heterocycles. The molecule has 1 atom stereocenters. The number of rotatable bonds is 0. The van der Waals surface area contributed by atoms with E-state index in [1.54, 1.807) is 0 Å². The Morgan fingerprint density at radius 2 is 2.75 bits per heavy atom. The van der Waals surface area contributed by atoms with Crippen LogP contribution in [0.25, 0.3) is 0 Å². The predicted octanol–water partition coefficient (Wildman–Crippen LogP) is 0.387. The molecular formula is C3H8O. The third-order valence-corrected chi connectivity index (χ3v) is 0. The van der Waals surface area contributed by atoms with Crippen molar-refractivity contribution in [3.63, 3.8) is 0 Å². The Bertz CT molecular complexity index is 38.5. The zero-order valence-corrected chi connectivity index (χ0v) is 2.65. The summed E-state index contributed by atoms with van der Waals surface area (Å²) in [6.45, 7) is 1.02. The second-order valence-electron chi connectivity index (χ2n) is 0.735. The molecule has 0 radical (unpaired) electrons. The van der Waals surface area contributed by atoms with Gasteiger partial charge in [0.1, 0.15) is 0 Å². The fourth-order valence-electron chi connectivity index (χ4n) is 0. The lowest BCUT2D eigenvalue weighted by molar-refractivity contribution is 0.216. The minimum Gasteiger partial charge on any atom is -0.394 e. The highest BCUT2D eigenvalue weighted by molar-refractivity contribution is 4.20. The van der Waals surface area contributed by atoms with Crippen LogP contribution in [-0.2, 0) is 0 Å². The van der Waals surface area contributed by atoms with Gasteiger partial charge in [0.2, 0.25) is 0 Å². The molecule has 0 spiro atoms. The Morgan fingerprint density at radius 1 is 2.50 bits per heavy atom. The van der Waals surface area contributed by atoms with Gasteiger partial charge < -0.3 is 5.11 Å². The lowest BCUT2D eigenvalue weighted by Gasteiger charge is -1.80. The molecule has 0 rings (SSSR count). The highest BCUT2D eigenvalue weighted by Gasteiger charge is 1.69. The van der Waals surface area contributed by atoms with Crippen LogP contribution in [0.3, 0.4) is 0 Å². The van der Waals surface area contributed by atoms with Gasteiger partial charge >= 0.3 is 0 Å². The van der Waals surface area contributed by atoms with E-state index in [2.05, 4.69) is 0 Å². The van der Waals surface area contributed by atoms with Crippen LogP contribution in [-0.4, -0.2) is 11.2 Å². The third-order valence-electron chi connectivity index (χ3n) is 0. The van der Waals surface area contributed by atoms with Crippen LogP contribution < -0.4 is 0 Å². The van der Waals surface area contributed by atoms with Gasteiger partial charge in [-0.15, -0.1) is 0 Å². The van der Waals surface area contributed by atoms with Crippen molar-refractivity contribution in [3.8, 4) is 0 Å². The maximum absolute atomic E-state index is 8.31. The predicted molar refractivity (Wildman–Crippen MR) is 17.4 cm³/mol. The SMILES string of the molecule is [3H]CC([3H])(C)O. The fraction of sp³-hybridized carbons (Fsp3) is 1.00. The van der Waals surface area contributed by atoms with Gasteiger partial charge in [-0.25, -0.2) is 0 Å². The van der Waals surface area contributed by atoms with Gasteiger partial charge in [-0.1, -0.05) is 0 Å².